The van der Waals surface area contributed by atoms with Crippen molar-refractivity contribution in [1.82, 2.24) is 14.5 Å². The van der Waals surface area contributed by atoms with Crippen LogP contribution < -0.4 is 9.64 Å². The van der Waals surface area contributed by atoms with Crippen LogP contribution in [0.25, 0.3) is 16.9 Å². The second-order valence-electron chi connectivity index (χ2n) is 7.35. The van der Waals surface area contributed by atoms with Crippen LogP contribution in [-0.4, -0.2) is 54.3 Å². The molecule has 148 valence electrons. The Balaban J connectivity index is 1.61. The lowest BCUT2D eigenvalue weighted by atomic mass is 10.2. The smallest absolute Gasteiger partial charge is 0.185 e. The zero-order chi connectivity index (χ0) is 19.7. The Bertz CT molecular complexity index is 936. The number of piperazine rings is 1. The third-order valence-corrected chi connectivity index (χ3v) is 6.28. The van der Waals surface area contributed by atoms with Gasteiger partial charge in [-0.05, 0) is 58.2 Å². The summed E-state index contributed by atoms with van der Waals surface area (Å²) in [5, 5.41) is 3.33. The Morgan fingerprint density at radius 3 is 2.46 bits per heavy atom. The third kappa shape index (κ3) is 3.66. The topological polar surface area (TPSA) is 33.5 Å². The summed E-state index contributed by atoms with van der Waals surface area (Å²) in [6.45, 7) is 11.3. The van der Waals surface area contributed by atoms with Gasteiger partial charge in [-0.15, -0.1) is 11.3 Å². The SMILES string of the molecule is CCOc1ccc(-n2c(C)cc(-c3csc(N4CCN(C)CC4)n3)c2C)cc1. The molecule has 0 radical (unpaired) electrons. The van der Waals surface area contributed by atoms with Crippen molar-refractivity contribution in [3.8, 4) is 22.7 Å². The van der Waals surface area contributed by atoms with E-state index in [1.807, 2.05) is 19.1 Å². The molecule has 1 aliphatic heterocycles. The van der Waals surface area contributed by atoms with Gasteiger partial charge in [-0.1, -0.05) is 0 Å². The first kappa shape index (κ1) is 19.0. The summed E-state index contributed by atoms with van der Waals surface area (Å²) in [7, 11) is 2.18. The predicted molar refractivity (Wildman–Crippen MR) is 117 cm³/mol. The lowest BCUT2D eigenvalue weighted by molar-refractivity contribution is 0.313. The molecule has 0 N–H and O–H groups in total. The maximum Gasteiger partial charge on any atom is 0.185 e. The zero-order valence-electron chi connectivity index (χ0n) is 17.1. The van der Waals surface area contributed by atoms with E-state index < -0.39 is 0 Å². The highest BCUT2D eigenvalue weighted by Gasteiger charge is 2.19. The summed E-state index contributed by atoms with van der Waals surface area (Å²) in [4.78, 5) is 9.74. The molecule has 1 aromatic carbocycles. The summed E-state index contributed by atoms with van der Waals surface area (Å²) in [5.41, 5.74) is 5.87. The maximum absolute atomic E-state index is 5.57. The second-order valence-corrected chi connectivity index (χ2v) is 8.19. The van der Waals surface area contributed by atoms with Gasteiger partial charge in [-0.2, -0.15) is 0 Å². The van der Waals surface area contributed by atoms with Crippen molar-refractivity contribution in [3.63, 3.8) is 0 Å². The maximum atomic E-state index is 5.57. The Morgan fingerprint density at radius 2 is 1.79 bits per heavy atom. The Hall–Kier alpha value is -2.31. The molecule has 6 heteroatoms. The van der Waals surface area contributed by atoms with Gasteiger partial charge in [-0.25, -0.2) is 4.98 Å². The molecule has 5 nitrogen and oxygen atoms in total. The molecule has 0 aliphatic carbocycles. The molecule has 0 amide bonds. The third-order valence-electron chi connectivity index (χ3n) is 5.38. The normalized spacial score (nSPS) is 15.2. The van der Waals surface area contributed by atoms with Gasteiger partial charge in [0, 0.05) is 54.2 Å². The van der Waals surface area contributed by atoms with Crippen LogP contribution in [0.2, 0.25) is 0 Å². The Labute approximate surface area is 171 Å². The number of ether oxygens (including phenoxy) is 1. The minimum absolute atomic E-state index is 0.685. The fraction of sp³-hybridized carbons (Fsp3) is 0.409. The summed E-state index contributed by atoms with van der Waals surface area (Å²) < 4.78 is 7.86. The van der Waals surface area contributed by atoms with E-state index in [1.54, 1.807) is 11.3 Å². The predicted octanol–water partition coefficient (Wildman–Crippen LogP) is 4.37. The van der Waals surface area contributed by atoms with Crippen LogP contribution in [0.3, 0.4) is 0 Å². The Morgan fingerprint density at radius 1 is 1.07 bits per heavy atom. The molecule has 28 heavy (non-hydrogen) atoms. The quantitative estimate of drug-likeness (QED) is 0.641. The first-order valence-electron chi connectivity index (χ1n) is 9.88. The van der Waals surface area contributed by atoms with Gasteiger partial charge in [0.1, 0.15) is 5.75 Å². The Kier molecular flexibility index (Phi) is 5.42. The van der Waals surface area contributed by atoms with Crippen LogP contribution in [0, 0.1) is 13.8 Å². The molecule has 1 fully saturated rings. The van der Waals surface area contributed by atoms with Gasteiger partial charge in [0.2, 0.25) is 0 Å². The van der Waals surface area contributed by atoms with Gasteiger partial charge in [-0.3, -0.25) is 0 Å². The molecule has 3 aromatic rings. The number of thiazole rings is 1. The van der Waals surface area contributed by atoms with Crippen LogP contribution >= 0.6 is 11.3 Å². The standard InChI is InChI=1S/C22H28N4OS/c1-5-27-19-8-6-18(7-9-19)26-16(2)14-20(17(26)3)21-15-28-22(23-21)25-12-10-24(4)11-13-25/h6-9,14-15H,5,10-13H2,1-4H3. The largest absolute Gasteiger partial charge is 0.494 e. The number of anilines is 1. The summed E-state index contributed by atoms with van der Waals surface area (Å²) >= 11 is 1.75. The fourth-order valence-corrected chi connectivity index (χ4v) is 4.69. The van der Waals surface area contributed by atoms with Gasteiger partial charge in [0.05, 0.1) is 12.3 Å². The fourth-order valence-electron chi connectivity index (χ4n) is 3.81. The first-order chi connectivity index (χ1) is 13.6. The van der Waals surface area contributed by atoms with Crippen molar-refractivity contribution >= 4 is 16.5 Å². The highest BCUT2D eigenvalue weighted by molar-refractivity contribution is 7.14. The molecule has 0 atom stereocenters. The van der Waals surface area contributed by atoms with Crippen LogP contribution in [-0.2, 0) is 0 Å². The minimum Gasteiger partial charge on any atom is -0.494 e. The monoisotopic (exact) mass is 396 g/mol. The van der Waals surface area contributed by atoms with E-state index in [4.69, 9.17) is 9.72 Å². The molecular formula is C22H28N4OS. The lowest BCUT2D eigenvalue weighted by Gasteiger charge is -2.32. The number of nitrogens with zero attached hydrogens (tertiary/aromatic N) is 4. The van der Waals surface area contributed by atoms with Crippen molar-refractivity contribution in [2.24, 2.45) is 0 Å². The van der Waals surface area contributed by atoms with E-state index in [-0.39, 0.29) is 0 Å². The minimum atomic E-state index is 0.685. The number of hydrogen-bond donors (Lipinski definition) is 0. The summed E-state index contributed by atoms with van der Waals surface area (Å²) in [5.74, 6) is 0.908. The van der Waals surface area contributed by atoms with Crippen LogP contribution in [0.4, 0.5) is 5.13 Å². The van der Waals surface area contributed by atoms with E-state index in [0.29, 0.717) is 6.61 Å². The van der Waals surface area contributed by atoms with E-state index >= 15 is 0 Å². The molecular weight excluding hydrogens is 368 g/mol. The number of benzene rings is 1. The molecule has 0 spiro atoms. The molecule has 1 saturated heterocycles. The highest BCUT2D eigenvalue weighted by atomic mass is 32.1. The average Bonchev–Trinajstić information content (AvgIpc) is 3.28. The van der Waals surface area contributed by atoms with E-state index in [9.17, 15) is 0 Å². The van der Waals surface area contributed by atoms with Crippen molar-refractivity contribution < 1.29 is 4.74 Å². The number of rotatable bonds is 5. The molecule has 0 saturated carbocycles. The number of hydrogen-bond acceptors (Lipinski definition) is 5. The summed E-state index contributed by atoms with van der Waals surface area (Å²) in [6, 6.07) is 10.5. The molecule has 4 rings (SSSR count). The van der Waals surface area contributed by atoms with E-state index in [2.05, 4.69) is 58.8 Å². The molecule has 0 bridgehead atoms. The number of aromatic nitrogens is 2. The van der Waals surface area contributed by atoms with Crippen molar-refractivity contribution in [1.29, 1.82) is 0 Å². The second kappa shape index (κ2) is 7.97. The van der Waals surface area contributed by atoms with Gasteiger partial charge >= 0.3 is 0 Å². The van der Waals surface area contributed by atoms with Crippen molar-refractivity contribution in [2.45, 2.75) is 20.8 Å². The van der Waals surface area contributed by atoms with Gasteiger partial charge < -0.3 is 19.1 Å². The lowest BCUT2D eigenvalue weighted by Crippen LogP contribution is -2.44. The highest BCUT2D eigenvalue weighted by Crippen LogP contribution is 2.33. The first-order valence-corrected chi connectivity index (χ1v) is 10.8. The number of likely N-dealkylation sites (N-methyl/N-ethyl adjacent to an activating group) is 1. The summed E-state index contributed by atoms with van der Waals surface area (Å²) in [6.07, 6.45) is 0. The average molecular weight is 397 g/mol. The molecule has 1 aliphatic rings. The van der Waals surface area contributed by atoms with E-state index in [0.717, 1.165) is 48.4 Å². The molecule has 2 aromatic heterocycles. The van der Waals surface area contributed by atoms with Crippen LogP contribution in [0.15, 0.2) is 35.7 Å². The van der Waals surface area contributed by atoms with Crippen molar-refractivity contribution in [2.75, 3.05) is 44.7 Å². The molecule has 3 heterocycles. The van der Waals surface area contributed by atoms with Gasteiger partial charge in [0.25, 0.3) is 0 Å². The zero-order valence-corrected chi connectivity index (χ0v) is 17.9. The van der Waals surface area contributed by atoms with Crippen LogP contribution in [0.5, 0.6) is 5.75 Å². The molecule has 0 unspecified atom stereocenters. The van der Waals surface area contributed by atoms with E-state index in [1.165, 1.54) is 17.0 Å². The van der Waals surface area contributed by atoms with Gasteiger partial charge in [0.15, 0.2) is 5.13 Å². The van der Waals surface area contributed by atoms with Crippen molar-refractivity contribution in [3.05, 3.63) is 47.1 Å². The number of aryl methyl sites for hydroxylation is 1. The van der Waals surface area contributed by atoms with Crippen LogP contribution in [0.1, 0.15) is 18.3 Å².